The molecule has 2 heterocycles. The van der Waals surface area contributed by atoms with Gasteiger partial charge in [-0.15, -0.1) is 0 Å². The fraction of sp³-hybridized carbons (Fsp3) is 0.0357. The van der Waals surface area contributed by atoms with Gasteiger partial charge in [-0.25, -0.2) is 0 Å². The zero-order chi connectivity index (χ0) is 39.9. The smallest absolute Gasteiger partial charge is 0.135 e. The van der Waals surface area contributed by atoms with Gasteiger partial charge in [-0.3, -0.25) is 0 Å². The third-order valence-electron chi connectivity index (χ3n) is 12.0. The van der Waals surface area contributed by atoms with E-state index in [1.807, 2.05) is 24.3 Å². The number of hydrogen-bond donors (Lipinski definition) is 0. The zero-order valence-corrected chi connectivity index (χ0v) is 33.2. The third kappa shape index (κ3) is 5.38. The maximum absolute atomic E-state index is 6.36. The first-order valence-electron chi connectivity index (χ1n) is 20.5. The van der Waals surface area contributed by atoms with Gasteiger partial charge in [-0.2, -0.15) is 0 Å². The quantitative estimate of drug-likeness (QED) is 0.158. The molecular formula is C56H38N2O2. The molecule has 0 fully saturated rings. The molecule has 0 N–H and O–H groups in total. The molecule has 12 rings (SSSR count). The molecule has 284 valence electrons. The van der Waals surface area contributed by atoms with Crippen LogP contribution in [0.1, 0.15) is 11.1 Å². The molecule has 0 bridgehead atoms. The van der Waals surface area contributed by atoms with E-state index in [4.69, 9.17) is 8.83 Å². The van der Waals surface area contributed by atoms with Gasteiger partial charge in [0.1, 0.15) is 22.3 Å². The molecule has 10 aromatic carbocycles. The van der Waals surface area contributed by atoms with Crippen molar-refractivity contribution in [2.45, 2.75) is 13.8 Å². The highest BCUT2D eigenvalue weighted by Gasteiger charge is 2.26. The fourth-order valence-corrected chi connectivity index (χ4v) is 9.36. The molecule has 60 heavy (non-hydrogen) atoms. The van der Waals surface area contributed by atoms with Gasteiger partial charge in [0, 0.05) is 65.8 Å². The van der Waals surface area contributed by atoms with Crippen LogP contribution < -0.4 is 9.80 Å². The van der Waals surface area contributed by atoms with E-state index in [9.17, 15) is 0 Å². The third-order valence-corrected chi connectivity index (χ3v) is 12.0. The first-order valence-corrected chi connectivity index (χ1v) is 20.5. The topological polar surface area (TPSA) is 32.8 Å². The normalized spacial score (nSPS) is 11.8. The number of benzene rings is 10. The van der Waals surface area contributed by atoms with Crippen LogP contribution >= 0.6 is 0 Å². The first kappa shape index (κ1) is 34.2. The van der Waals surface area contributed by atoms with Crippen molar-refractivity contribution in [2.75, 3.05) is 9.80 Å². The minimum absolute atomic E-state index is 0.872. The van der Waals surface area contributed by atoms with Crippen molar-refractivity contribution in [3.8, 4) is 0 Å². The Kier molecular flexibility index (Phi) is 7.63. The van der Waals surface area contributed by atoms with Crippen LogP contribution in [0.15, 0.2) is 203 Å². The van der Waals surface area contributed by atoms with Crippen LogP contribution in [-0.2, 0) is 0 Å². The van der Waals surface area contributed by atoms with Gasteiger partial charge in [0.2, 0.25) is 0 Å². The summed E-state index contributed by atoms with van der Waals surface area (Å²) in [6.07, 6.45) is 0. The van der Waals surface area contributed by atoms with Gasteiger partial charge in [0.15, 0.2) is 0 Å². The average molecular weight is 771 g/mol. The van der Waals surface area contributed by atoms with Gasteiger partial charge < -0.3 is 18.6 Å². The van der Waals surface area contributed by atoms with E-state index in [0.717, 1.165) is 99.5 Å². The molecule has 0 unspecified atom stereocenters. The molecule has 0 amide bonds. The molecule has 0 saturated carbocycles. The monoisotopic (exact) mass is 770 g/mol. The van der Waals surface area contributed by atoms with Gasteiger partial charge >= 0.3 is 0 Å². The molecule has 0 atom stereocenters. The van der Waals surface area contributed by atoms with Crippen LogP contribution in [0.5, 0.6) is 0 Å². The van der Waals surface area contributed by atoms with E-state index in [0.29, 0.717) is 0 Å². The van der Waals surface area contributed by atoms with E-state index in [1.165, 1.54) is 21.9 Å². The summed E-state index contributed by atoms with van der Waals surface area (Å²) >= 11 is 0. The molecular weight excluding hydrogens is 733 g/mol. The highest BCUT2D eigenvalue weighted by molar-refractivity contribution is 6.24. The average Bonchev–Trinajstić information content (AvgIpc) is 3.84. The summed E-state index contributed by atoms with van der Waals surface area (Å²) in [6, 6.07) is 70.0. The summed E-state index contributed by atoms with van der Waals surface area (Å²) in [4.78, 5) is 4.91. The number of aryl methyl sites for hydroxylation is 2. The standard InChI is InChI=1S/C56H38N2O2/c1-35-13-11-17-39(29-35)57(41-25-27-53-47(33-41)45-21-7-9-23-51(45)59-53)55-43-19-5-3-15-37(43)32-50-49(55)31-38-16-4-6-20-44(38)56(50)58(40-18-12-14-36(2)30-40)42-26-28-54-48(34-42)46-22-8-10-24-52(46)60-54/h3-34H,1-2H3. The predicted molar refractivity (Wildman–Crippen MR) is 252 cm³/mol. The van der Waals surface area contributed by atoms with Crippen molar-refractivity contribution in [1.82, 2.24) is 0 Å². The molecule has 0 aliphatic rings. The van der Waals surface area contributed by atoms with Gasteiger partial charge in [-0.05, 0) is 121 Å². The van der Waals surface area contributed by atoms with Crippen LogP contribution in [-0.4, -0.2) is 0 Å². The lowest BCUT2D eigenvalue weighted by molar-refractivity contribution is 0.668. The number of furan rings is 2. The summed E-state index contributed by atoms with van der Waals surface area (Å²) in [5, 5.41) is 11.3. The number of fused-ring (bicyclic) bond motifs is 9. The van der Waals surface area contributed by atoms with E-state index in [1.54, 1.807) is 0 Å². The molecule has 0 aliphatic carbocycles. The van der Waals surface area contributed by atoms with E-state index >= 15 is 0 Å². The Balaban J connectivity index is 1.22. The highest BCUT2D eigenvalue weighted by Crippen LogP contribution is 2.51. The predicted octanol–water partition coefficient (Wildman–Crippen LogP) is 16.5. The Labute approximate surface area is 346 Å². The maximum atomic E-state index is 6.36. The molecule has 0 radical (unpaired) electrons. The molecule has 2 aromatic heterocycles. The Bertz CT molecular complexity index is 3430. The van der Waals surface area contributed by atoms with Crippen LogP contribution in [0.25, 0.3) is 76.2 Å². The lowest BCUT2D eigenvalue weighted by Gasteiger charge is -2.32. The van der Waals surface area contributed by atoms with Crippen molar-refractivity contribution in [3.63, 3.8) is 0 Å². The number of para-hydroxylation sites is 2. The molecule has 12 aromatic rings. The Morgan fingerprint density at radius 1 is 0.283 bits per heavy atom. The minimum atomic E-state index is 0.872. The lowest BCUT2D eigenvalue weighted by atomic mass is 9.93. The van der Waals surface area contributed by atoms with Crippen molar-refractivity contribution < 1.29 is 8.83 Å². The SMILES string of the molecule is Cc1cccc(N(c2ccc3oc4ccccc4c3c2)c2c3ccccc3cc3c(N(c4cccc(C)c4)c4ccc5oc6ccccc6c5c4)c4ccccc4cc23)c1. The second kappa shape index (κ2) is 13.4. The van der Waals surface area contributed by atoms with Gasteiger partial charge in [0.25, 0.3) is 0 Å². The van der Waals surface area contributed by atoms with Crippen molar-refractivity contribution in [2.24, 2.45) is 0 Å². The Hall–Kier alpha value is -7.82. The molecule has 0 spiro atoms. The van der Waals surface area contributed by atoms with Crippen LogP contribution in [0, 0.1) is 13.8 Å². The van der Waals surface area contributed by atoms with E-state index in [-0.39, 0.29) is 0 Å². The summed E-state index contributed by atoms with van der Waals surface area (Å²) in [7, 11) is 0. The van der Waals surface area contributed by atoms with Gasteiger partial charge in [-0.1, -0.05) is 109 Å². The largest absolute Gasteiger partial charge is 0.456 e. The first-order chi connectivity index (χ1) is 29.6. The number of nitrogens with zero attached hydrogens (tertiary/aromatic N) is 2. The van der Waals surface area contributed by atoms with Crippen molar-refractivity contribution in [1.29, 1.82) is 0 Å². The minimum Gasteiger partial charge on any atom is -0.456 e. The summed E-state index contributed by atoms with van der Waals surface area (Å²) in [6.45, 7) is 4.34. The van der Waals surface area contributed by atoms with Crippen molar-refractivity contribution >= 4 is 110 Å². The Morgan fingerprint density at radius 3 is 1.12 bits per heavy atom. The summed E-state index contributed by atoms with van der Waals surface area (Å²) < 4.78 is 12.7. The number of rotatable bonds is 6. The van der Waals surface area contributed by atoms with Crippen LogP contribution in [0.4, 0.5) is 34.1 Å². The molecule has 0 aliphatic heterocycles. The molecule has 0 saturated heterocycles. The number of hydrogen-bond acceptors (Lipinski definition) is 4. The van der Waals surface area contributed by atoms with Crippen LogP contribution in [0.2, 0.25) is 0 Å². The van der Waals surface area contributed by atoms with Crippen molar-refractivity contribution in [3.05, 3.63) is 205 Å². The van der Waals surface area contributed by atoms with E-state index in [2.05, 4.69) is 194 Å². The second-order valence-corrected chi connectivity index (χ2v) is 15.9. The second-order valence-electron chi connectivity index (χ2n) is 15.9. The fourth-order valence-electron chi connectivity index (χ4n) is 9.36. The summed E-state index contributed by atoms with van der Waals surface area (Å²) in [5.74, 6) is 0. The van der Waals surface area contributed by atoms with Crippen LogP contribution in [0.3, 0.4) is 0 Å². The lowest BCUT2D eigenvalue weighted by Crippen LogP contribution is -2.14. The number of anilines is 6. The summed E-state index contributed by atoms with van der Waals surface area (Å²) in [5.41, 5.74) is 12.4. The highest BCUT2D eigenvalue weighted by atomic mass is 16.3. The molecule has 4 heteroatoms. The maximum Gasteiger partial charge on any atom is 0.135 e. The van der Waals surface area contributed by atoms with Gasteiger partial charge in [0.05, 0.1) is 11.4 Å². The Morgan fingerprint density at radius 2 is 0.667 bits per heavy atom. The van der Waals surface area contributed by atoms with E-state index < -0.39 is 0 Å². The zero-order valence-electron chi connectivity index (χ0n) is 33.2. The molecule has 4 nitrogen and oxygen atoms in total.